The van der Waals surface area contributed by atoms with Crippen molar-refractivity contribution in [2.45, 2.75) is 9.92 Å². The summed E-state index contributed by atoms with van der Waals surface area (Å²) < 4.78 is 0. The molecule has 0 atom stereocenters. The van der Waals surface area contributed by atoms with Gasteiger partial charge in [0, 0.05) is 22.7 Å². The van der Waals surface area contributed by atoms with Crippen LogP contribution in [0.25, 0.3) is 0 Å². The Kier molecular flexibility index (Phi) is 6.04. The molecule has 0 fully saturated rings. The lowest BCUT2D eigenvalue weighted by molar-refractivity contribution is 1.05. The number of pyridine rings is 1. The second-order valence-corrected chi connectivity index (χ2v) is 5.94. The number of benzene rings is 1. The van der Waals surface area contributed by atoms with Crippen LogP contribution in [-0.2, 0) is 0 Å². The molecule has 6 heteroatoms. The Morgan fingerprint density at radius 3 is 2.81 bits per heavy atom. The van der Waals surface area contributed by atoms with Crippen molar-refractivity contribution in [3.8, 4) is 0 Å². The van der Waals surface area contributed by atoms with E-state index in [0.29, 0.717) is 16.7 Å². The standard InChI is InChI=1S/C15H14ClN3S2/c1-2-9-18-15(20)19-13-4-3-10-17-14(13)21-12-7-5-11(16)6-8-12/h2-8,10H,1,9H2,(H2,18,19,20). The van der Waals surface area contributed by atoms with Crippen LogP contribution in [0.1, 0.15) is 0 Å². The van der Waals surface area contributed by atoms with Crippen molar-refractivity contribution in [1.29, 1.82) is 0 Å². The van der Waals surface area contributed by atoms with Gasteiger partial charge in [-0.1, -0.05) is 29.4 Å². The van der Waals surface area contributed by atoms with E-state index in [1.807, 2.05) is 36.4 Å². The normalized spacial score (nSPS) is 9.95. The molecule has 1 aromatic carbocycles. The molecule has 0 radical (unpaired) electrons. The zero-order valence-corrected chi connectivity index (χ0v) is 13.6. The first-order chi connectivity index (χ1) is 10.2. The first kappa shape index (κ1) is 15.8. The molecule has 21 heavy (non-hydrogen) atoms. The van der Waals surface area contributed by atoms with Crippen LogP contribution in [0.15, 0.2) is 65.2 Å². The molecule has 3 nitrogen and oxygen atoms in total. The summed E-state index contributed by atoms with van der Waals surface area (Å²) in [5.74, 6) is 0. The van der Waals surface area contributed by atoms with Crippen LogP contribution < -0.4 is 10.6 Å². The van der Waals surface area contributed by atoms with Crippen molar-refractivity contribution in [2.75, 3.05) is 11.9 Å². The molecule has 2 N–H and O–H groups in total. The SMILES string of the molecule is C=CCNC(=S)Nc1cccnc1Sc1ccc(Cl)cc1. The van der Waals surface area contributed by atoms with E-state index in [0.717, 1.165) is 15.6 Å². The molecule has 0 saturated carbocycles. The maximum absolute atomic E-state index is 5.89. The number of nitrogens with one attached hydrogen (secondary N) is 2. The van der Waals surface area contributed by atoms with E-state index in [1.165, 1.54) is 0 Å². The van der Waals surface area contributed by atoms with E-state index < -0.39 is 0 Å². The summed E-state index contributed by atoms with van der Waals surface area (Å²) >= 11 is 12.7. The van der Waals surface area contributed by atoms with Gasteiger partial charge in [-0.05, 0) is 48.6 Å². The maximum Gasteiger partial charge on any atom is 0.171 e. The molecule has 0 aliphatic carbocycles. The van der Waals surface area contributed by atoms with Crippen molar-refractivity contribution in [1.82, 2.24) is 10.3 Å². The van der Waals surface area contributed by atoms with E-state index in [4.69, 9.17) is 23.8 Å². The minimum absolute atomic E-state index is 0.542. The largest absolute Gasteiger partial charge is 0.359 e. The van der Waals surface area contributed by atoms with Crippen LogP contribution in [0.3, 0.4) is 0 Å². The minimum atomic E-state index is 0.542. The summed E-state index contributed by atoms with van der Waals surface area (Å²) in [6.45, 7) is 4.26. The predicted octanol–water partition coefficient (Wildman–Crippen LogP) is 4.36. The van der Waals surface area contributed by atoms with Gasteiger partial charge in [0.25, 0.3) is 0 Å². The molecule has 0 saturated heterocycles. The van der Waals surface area contributed by atoms with Gasteiger partial charge in [-0.2, -0.15) is 0 Å². The third kappa shape index (κ3) is 5.04. The molecule has 0 bridgehead atoms. The molecular weight excluding hydrogens is 322 g/mol. The molecule has 0 aliphatic rings. The molecule has 0 unspecified atom stereocenters. The molecular formula is C15H14ClN3S2. The fraction of sp³-hybridized carbons (Fsp3) is 0.0667. The van der Waals surface area contributed by atoms with Crippen LogP contribution in [-0.4, -0.2) is 16.6 Å². The average Bonchev–Trinajstić information content (AvgIpc) is 2.49. The lowest BCUT2D eigenvalue weighted by atomic mass is 10.4. The Hall–Kier alpha value is -1.56. The van der Waals surface area contributed by atoms with Crippen LogP contribution in [0.4, 0.5) is 5.69 Å². The van der Waals surface area contributed by atoms with E-state index in [9.17, 15) is 0 Å². The van der Waals surface area contributed by atoms with Gasteiger partial charge in [0.05, 0.1) is 5.69 Å². The van der Waals surface area contributed by atoms with Crippen molar-refractivity contribution >= 4 is 46.4 Å². The quantitative estimate of drug-likeness (QED) is 0.627. The zero-order valence-electron chi connectivity index (χ0n) is 11.2. The topological polar surface area (TPSA) is 37.0 Å². The van der Waals surface area contributed by atoms with Gasteiger partial charge >= 0.3 is 0 Å². The van der Waals surface area contributed by atoms with E-state index >= 15 is 0 Å². The third-order valence-electron chi connectivity index (χ3n) is 2.45. The fourth-order valence-electron chi connectivity index (χ4n) is 1.51. The van der Waals surface area contributed by atoms with Gasteiger partial charge < -0.3 is 10.6 Å². The highest BCUT2D eigenvalue weighted by Gasteiger charge is 2.07. The van der Waals surface area contributed by atoms with Gasteiger partial charge in [0.15, 0.2) is 5.11 Å². The first-order valence-electron chi connectivity index (χ1n) is 6.23. The Morgan fingerprint density at radius 1 is 1.33 bits per heavy atom. The number of hydrogen-bond acceptors (Lipinski definition) is 3. The molecule has 2 aromatic rings. The summed E-state index contributed by atoms with van der Waals surface area (Å²) in [4.78, 5) is 5.45. The fourth-order valence-corrected chi connectivity index (χ4v) is 2.67. The molecule has 0 aliphatic heterocycles. The number of thiocarbonyl (C=S) groups is 1. The molecule has 0 spiro atoms. The predicted molar refractivity (Wildman–Crippen MR) is 94.2 cm³/mol. The number of halogens is 1. The second kappa shape index (κ2) is 8.02. The van der Waals surface area contributed by atoms with E-state index in [1.54, 1.807) is 24.0 Å². The Morgan fingerprint density at radius 2 is 2.10 bits per heavy atom. The summed E-state index contributed by atoms with van der Waals surface area (Å²) in [5, 5.41) is 8.28. The minimum Gasteiger partial charge on any atom is -0.359 e. The summed E-state index contributed by atoms with van der Waals surface area (Å²) in [7, 11) is 0. The number of rotatable bonds is 5. The Labute approximate surface area is 138 Å². The Balaban J connectivity index is 2.11. The molecule has 1 aromatic heterocycles. The van der Waals surface area contributed by atoms with Gasteiger partial charge in [-0.25, -0.2) is 4.98 Å². The van der Waals surface area contributed by atoms with Crippen molar-refractivity contribution in [3.63, 3.8) is 0 Å². The number of anilines is 1. The summed E-state index contributed by atoms with van der Waals surface area (Å²) in [6.07, 6.45) is 3.50. The lowest BCUT2D eigenvalue weighted by Crippen LogP contribution is -2.28. The summed E-state index contributed by atoms with van der Waals surface area (Å²) in [5.41, 5.74) is 0.860. The number of aromatic nitrogens is 1. The van der Waals surface area contributed by atoms with Crippen molar-refractivity contribution < 1.29 is 0 Å². The average molecular weight is 336 g/mol. The third-order valence-corrected chi connectivity index (χ3v) is 3.98. The monoisotopic (exact) mass is 335 g/mol. The molecule has 108 valence electrons. The van der Waals surface area contributed by atoms with Crippen molar-refractivity contribution in [2.24, 2.45) is 0 Å². The van der Waals surface area contributed by atoms with Gasteiger partial charge in [-0.15, -0.1) is 6.58 Å². The summed E-state index contributed by atoms with van der Waals surface area (Å²) in [6, 6.07) is 11.4. The second-order valence-electron chi connectivity index (χ2n) is 4.04. The van der Waals surface area contributed by atoms with E-state index in [2.05, 4.69) is 22.2 Å². The maximum atomic E-state index is 5.89. The van der Waals surface area contributed by atoms with Crippen LogP contribution in [0.2, 0.25) is 5.02 Å². The highest BCUT2D eigenvalue weighted by atomic mass is 35.5. The smallest absolute Gasteiger partial charge is 0.171 e. The highest BCUT2D eigenvalue weighted by molar-refractivity contribution is 7.99. The Bertz CT molecular complexity index is 629. The van der Waals surface area contributed by atoms with Gasteiger partial charge in [0.1, 0.15) is 5.03 Å². The first-order valence-corrected chi connectivity index (χ1v) is 7.83. The van der Waals surface area contributed by atoms with Gasteiger partial charge in [-0.3, -0.25) is 0 Å². The van der Waals surface area contributed by atoms with Crippen LogP contribution in [0.5, 0.6) is 0 Å². The van der Waals surface area contributed by atoms with Crippen LogP contribution in [0, 0.1) is 0 Å². The number of nitrogens with zero attached hydrogens (tertiary/aromatic N) is 1. The molecule has 1 heterocycles. The lowest BCUT2D eigenvalue weighted by Gasteiger charge is -2.12. The highest BCUT2D eigenvalue weighted by Crippen LogP contribution is 2.31. The molecule has 0 amide bonds. The van der Waals surface area contributed by atoms with E-state index in [-0.39, 0.29) is 0 Å². The molecule has 2 rings (SSSR count). The number of hydrogen-bond donors (Lipinski definition) is 2. The van der Waals surface area contributed by atoms with Crippen molar-refractivity contribution in [3.05, 3.63) is 60.3 Å². The van der Waals surface area contributed by atoms with Gasteiger partial charge in [0.2, 0.25) is 0 Å². The van der Waals surface area contributed by atoms with Crippen LogP contribution >= 0.6 is 35.6 Å². The zero-order chi connectivity index (χ0) is 15.1.